The van der Waals surface area contributed by atoms with Crippen molar-refractivity contribution in [2.75, 3.05) is 11.2 Å². The first-order chi connectivity index (χ1) is 16.2. The van der Waals surface area contributed by atoms with E-state index in [2.05, 4.69) is 6.07 Å². The number of furan rings is 1. The maximum Gasteiger partial charge on any atom is 0.260 e. The molecule has 5 aromatic rings. The number of amides is 1. The number of ether oxygens (including phenoxy) is 1. The Kier molecular flexibility index (Phi) is 6.15. The van der Waals surface area contributed by atoms with Crippen molar-refractivity contribution in [1.82, 2.24) is 4.98 Å². The van der Waals surface area contributed by atoms with Crippen LogP contribution in [0, 0.1) is 0 Å². The molecule has 0 aliphatic heterocycles. The predicted octanol–water partition coefficient (Wildman–Crippen LogP) is 7.25. The fourth-order valence-corrected chi connectivity index (χ4v) is 4.91. The zero-order valence-corrected chi connectivity index (χ0v) is 19.4. The highest BCUT2D eigenvalue weighted by Crippen LogP contribution is 2.33. The number of thioether (sulfide) groups is 1. The summed E-state index contributed by atoms with van der Waals surface area (Å²) in [5, 5.41) is 0.624. The molecular formula is C26H20N2O3S2. The van der Waals surface area contributed by atoms with Crippen LogP contribution in [0.1, 0.15) is 16.1 Å². The van der Waals surface area contributed by atoms with Gasteiger partial charge in [0.1, 0.15) is 17.3 Å². The highest BCUT2D eigenvalue weighted by atomic mass is 32.2. The van der Waals surface area contributed by atoms with Crippen LogP contribution in [0.15, 0.2) is 101 Å². The number of carbonyl (C=O) groups excluding carboxylic acids is 1. The molecular weight excluding hydrogens is 452 g/mol. The SMILES string of the molecule is CSc1ccc2nc(N(Cc3ccco3)C(=O)c3cccc(Oc4ccccc4)c3)sc2c1. The van der Waals surface area contributed by atoms with Gasteiger partial charge in [0, 0.05) is 10.5 Å². The summed E-state index contributed by atoms with van der Waals surface area (Å²) in [5.74, 6) is 1.82. The molecule has 0 saturated carbocycles. The third-order valence-corrected chi connectivity index (χ3v) is 6.78. The van der Waals surface area contributed by atoms with Crippen LogP contribution in [0.5, 0.6) is 11.5 Å². The van der Waals surface area contributed by atoms with E-state index in [0.29, 0.717) is 28.0 Å². The van der Waals surface area contributed by atoms with Crippen LogP contribution in [-0.4, -0.2) is 17.1 Å². The van der Waals surface area contributed by atoms with E-state index in [9.17, 15) is 4.79 Å². The lowest BCUT2D eigenvalue weighted by Crippen LogP contribution is -2.30. The fraction of sp³-hybridized carbons (Fsp3) is 0.0769. The quantitative estimate of drug-likeness (QED) is 0.234. The molecule has 5 rings (SSSR count). The topological polar surface area (TPSA) is 55.6 Å². The minimum Gasteiger partial charge on any atom is -0.467 e. The Bertz CT molecular complexity index is 1380. The minimum atomic E-state index is -0.172. The molecule has 0 aliphatic rings. The molecule has 5 nitrogen and oxygen atoms in total. The summed E-state index contributed by atoms with van der Waals surface area (Å²) in [6.45, 7) is 0.283. The number of hydrogen-bond acceptors (Lipinski definition) is 6. The number of carbonyl (C=O) groups is 1. The van der Waals surface area contributed by atoms with E-state index in [4.69, 9.17) is 14.1 Å². The number of aromatic nitrogens is 1. The molecule has 0 saturated heterocycles. The van der Waals surface area contributed by atoms with E-state index in [1.165, 1.54) is 11.3 Å². The predicted molar refractivity (Wildman–Crippen MR) is 134 cm³/mol. The van der Waals surface area contributed by atoms with E-state index >= 15 is 0 Å². The second-order valence-corrected chi connectivity index (χ2v) is 9.13. The smallest absolute Gasteiger partial charge is 0.260 e. The highest BCUT2D eigenvalue weighted by molar-refractivity contribution is 7.98. The van der Waals surface area contributed by atoms with Gasteiger partial charge in [-0.1, -0.05) is 35.6 Å². The van der Waals surface area contributed by atoms with Crippen LogP contribution in [0.3, 0.4) is 0 Å². The average Bonchev–Trinajstić information content (AvgIpc) is 3.52. The maximum atomic E-state index is 13.7. The average molecular weight is 473 g/mol. The van der Waals surface area contributed by atoms with Gasteiger partial charge in [0.15, 0.2) is 5.13 Å². The van der Waals surface area contributed by atoms with Gasteiger partial charge in [-0.05, 0) is 66.9 Å². The Balaban J connectivity index is 1.49. The molecule has 0 unspecified atom stereocenters. The Labute approximate surface area is 199 Å². The van der Waals surface area contributed by atoms with Gasteiger partial charge in [-0.15, -0.1) is 11.8 Å². The number of benzene rings is 3. The molecule has 0 atom stereocenters. The van der Waals surface area contributed by atoms with Crippen LogP contribution in [-0.2, 0) is 6.54 Å². The molecule has 2 heterocycles. The lowest BCUT2D eigenvalue weighted by Gasteiger charge is -2.19. The monoisotopic (exact) mass is 472 g/mol. The van der Waals surface area contributed by atoms with E-state index < -0.39 is 0 Å². The zero-order chi connectivity index (χ0) is 22.6. The molecule has 3 aromatic carbocycles. The summed E-state index contributed by atoms with van der Waals surface area (Å²) < 4.78 is 12.5. The van der Waals surface area contributed by atoms with E-state index in [1.54, 1.807) is 35.1 Å². The number of para-hydroxylation sites is 1. The Morgan fingerprint density at radius 3 is 2.64 bits per heavy atom. The molecule has 7 heteroatoms. The number of fused-ring (bicyclic) bond motifs is 1. The first kappa shape index (κ1) is 21.3. The van der Waals surface area contributed by atoms with Gasteiger partial charge in [-0.2, -0.15) is 0 Å². The molecule has 0 bridgehead atoms. The molecule has 0 radical (unpaired) electrons. The number of anilines is 1. The van der Waals surface area contributed by atoms with E-state index in [-0.39, 0.29) is 12.5 Å². The third-order valence-electron chi connectivity index (χ3n) is 5.01. The van der Waals surface area contributed by atoms with Crippen molar-refractivity contribution in [3.8, 4) is 11.5 Å². The lowest BCUT2D eigenvalue weighted by molar-refractivity contribution is 0.0983. The Hall–Kier alpha value is -3.55. The second-order valence-electron chi connectivity index (χ2n) is 7.24. The molecule has 0 aliphatic carbocycles. The summed E-state index contributed by atoms with van der Waals surface area (Å²) in [7, 11) is 0. The van der Waals surface area contributed by atoms with Crippen LogP contribution in [0.2, 0.25) is 0 Å². The lowest BCUT2D eigenvalue weighted by atomic mass is 10.2. The summed E-state index contributed by atoms with van der Waals surface area (Å²) in [4.78, 5) is 21.2. The number of nitrogens with zero attached hydrogens (tertiary/aromatic N) is 2. The summed E-state index contributed by atoms with van der Waals surface area (Å²) in [6.07, 6.45) is 3.65. The highest BCUT2D eigenvalue weighted by Gasteiger charge is 2.23. The summed E-state index contributed by atoms with van der Waals surface area (Å²) >= 11 is 3.17. The zero-order valence-electron chi connectivity index (χ0n) is 17.8. The van der Waals surface area contributed by atoms with Crippen molar-refractivity contribution in [1.29, 1.82) is 0 Å². The Morgan fingerprint density at radius 1 is 1.00 bits per heavy atom. The van der Waals surface area contributed by atoms with E-state index in [0.717, 1.165) is 15.1 Å². The minimum absolute atomic E-state index is 0.172. The van der Waals surface area contributed by atoms with Gasteiger partial charge in [-0.25, -0.2) is 4.98 Å². The number of thiazole rings is 1. The van der Waals surface area contributed by atoms with Crippen molar-refractivity contribution in [2.24, 2.45) is 0 Å². The Morgan fingerprint density at radius 2 is 1.85 bits per heavy atom. The second kappa shape index (κ2) is 9.52. The normalized spacial score (nSPS) is 10.9. The van der Waals surface area contributed by atoms with Gasteiger partial charge in [0.2, 0.25) is 0 Å². The van der Waals surface area contributed by atoms with Gasteiger partial charge in [0.05, 0.1) is 23.0 Å². The summed E-state index contributed by atoms with van der Waals surface area (Å²) in [6, 6.07) is 26.5. The van der Waals surface area contributed by atoms with Crippen LogP contribution < -0.4 is 9.64 Å². The van der Waals surface area contributed by atoms with Crippen molar-refractivity contribution in [3.63, 3.8) is 0 Å². The number of rotatable bonds is 7. The molecule has 0 N–H and O–H groups in total. The number of hydrogen-bond donors (Lipinski definition) is 0. The van der Waals surface area contributed by atoms with Crippen LogP contribution in [0.25, 0.3) is 10.2 Å². The van der Waals surface area contributed by atoms with Gasteiger partial charge < -0.3 is 9.15 Å². The van der Waals surface area contributed by atoms with Crippen LogP contribution in [0.4, 0.5) is 5.13 Å². The van der Waals surface area contributed by atoms with Crippen molar-refractivity contribution < 1.29 is 13.9 Å². The maximum absolute atomic E-state index is 13.7. The standard InChI is InChI=1S/C26H20N2O3S2/c1-32-22-12-13-23-24(16-22)33-26(27-23)28(17-21-11-6-14-30-21)25(29)18-7-5-10-20(15-18)31-19-8-3-2-4-9-19/h2-16H,17H2,1H3. The third kappa shape index (κ3) is 4.79. The van der Waals surface area contributed by atoms with Gasteiger partial charge >= 0.3 is 0 Å². The van der Waals surface area contributed by atoms with E-state index in [1.807, 2.05) is 73.0 Å². The molecule has 164 valence electrons. The van der Waals surface area contributed by atoms with Crippen molar-refractivity contribution in [2.45, 2.75) is 11.4 Å². The largest absolute Gasteiger partial charge is 0.467 e. The van der Waals surface area contributed by atoms with Gasteiger partial charge in [-0.3, -0.25) is 9.69 Å². The molecule has 2 aromatic heterocycles. The first-order valence-electron chi connectivity index (χ1n) is 10.3. The molecule has 33 heavy (non-hydrogen) atoms. The van der Waals surface area contributed by atoms with Crippen molar-refractivity contribution >= 4 is 44.4 Å². The fourth-order valence-electron chi connectivity index (χ4n) is 3.39. The molecule has 0 spiro atoms. The molecule has 0 fully saturated rings. The van der Waals surface area contributed by atoms with Gasteiger partial charge in [0.25, 0.3) is 5.91 Å². The molecule has 1 amide bonds. The van der Waals surface area contributed by atoms with Crippen LogP contribution >= 0.6 is 23.1 Å². The van der Waals surface area contributed by atoms with Crippen molar-refractivity contribution in [3.05, 3.63) is 103 Å². The first-order valence-corrected chi connectivity index (χ1v) is 12.4. The summed E-state index contributed by atoms with van der Waals surface area (Å²) in [5.41, 5.74) is 1.38.